The maximum absolute atomic E-state index is 11.2. The number of aromatic nitrogens is 2. The molecule has 0 spiro atoms. The minimum absolute atomic E-state index is 0.0782. The number of aromatic amines is 2. The van der Waals surface area contributed by atoms with E-state index < -0.39 is 23.2 Å². The lowest BCUT2D eigenvalue weighted by atomic mass is 10.3. The molecule has 96 valence electrons. The molecule has 1 heterocycles. The molecule has 1 rings (SSSR count). The van der Waals surface area contributed by atoms with Gasteiger partial charge >= 0.3 is 17.6 Å². The molecule has 0 atom stereocenters. The minimum atomic E-state index is -0.814. The molecule has 1 aromatic rings. The predicted molar refractivity (Wildman–Crippen MR) is 58.6 cm³/mol. The molecule has 0 aliphatic heterocycles. The van der Waals surface area contributed by atoms with Gasteiger partial charge in [0.05, 0.1) is 12.7 Å². The lowest BCUT2D eigenvalue weighted by Crippen LogP contribution is -2.25. The van der Waals surface area contributed by atoms with Crippen LogP contribution in [0.25, 0.3) is 0 Å². The Kier molecular flexibility index (Phi) is 4.61. The molecular formula is C10H10N2O6. The topological polar surface area (TPSA) is 118 Å². The first kappa shape index (κ1) is 13.4. The van der Waals surface area contributed by atoms with Crippen LogP contribution in [-0.4, -0.2) is 29.0 Å². The Morgan fingerprint density at radius 2 is 1.94 bits per heavy atom. The Morgan fingerprint density at radius 1 is 1.28 bits per heavy atom. The van der Waals surface area contributed by atoms with Crippen LogP contribution in [0.15, 0.2) is 27.9 Å². The molecule has 0 aromatic carbocycles. The summed E-state index contributed by atoms with van der Waals surface area (Å²) >= 11 is 0. The van der Waals surface area contributed by atoms with Crippen molar-refractivity contribution in [2.45, 2.75) is 6.61 Å². The van der Waals surface area contributed by atoms with Gasteiger partial charge in [0.1, 0.15) is 6.61 Å². The van der Waals surface area contributed by atoms with E-state index in [-0.39, 0.29) is 12.2 Å². The summed E-state index contributed by atoms with van der Waals surface area (Å²) in [5.74, 6) is -1.51. The molecule has 0 radical (unpaired) electrons. The summed E-state index contributed by atoms with van der Waals surface area (Å²) in [6.45, 7) is -0.323. The summed E-state index contributed by atoms with van der Waals surface area (Å²) in [4.78, 5) is 47.9. The van der Waals surface area contributed by atoms with Crippen molar-refractivity contribution in [3.8, 4) is 0 Å². The van der Waals surface area contributed by atoms with Crippen LogP contribution in [-0.2, 0) is 25.7 Å². The number of nitrogens with one attached hydrogen (secondary N) is 2. The summed E-state index contributed by atoms with van der Waals surface area (Å²) in [6.07, 6.45) is 2.89. The molecule has 1 aromatic heterocycles. The average molecular weight is 254 g/mol. The van der Waals surface area contributed by atoms with Crippen molar-refractivity contribution < 1.29 is 19.1 Å². The van der Waals surface area contributed by atoms with Gasteiger partial charge in [-0.05, 0) is 0 Å². The highest BCUT2D eigenvalue weighted by atomic mass is 16.5. The molecule has 0 unspecified atom stereocenters. The highest BCUT2D eigenvalue weighted by Gasteiger charge is 2.04. The second kappa shape index (κ2) is 6.18. The van der Waals surface area contributed by atoms with Crippen molar-refractivity contribution in [1.29, 1.82) is 0 Å². The van der Waals surface area contributed by atoms with Crippen molar-refractivity contribution in [3.05, 3.63) is 44.8 Å². The number of rotatable bonds is 4. The van der Waals surface area contributed by atoms with Crippen molar-refractivity contribution in [1.82, 2.24) is 9.97 Å². The van der Waals surface area contributed by atoms with E-state index in [1.54, 1.807) is 0 Å². The van der Waals surface area contributed by atoms with Crippen LogP contribution in [0, 0.1) is 0 Å². The number of esters is 2. The fraction of sp³-hybridized carbons (Fsp3) is 0.200. The molecule has 0 bridgehead atoms. The number of methoxy groups -OCH3 is 1. The first-order valence-corrected chi connectivity index (χ1v) is 4.76. The molecule has 8 nitrogen and oxygen atoms in total. The molecule has 0 saturated carbocycles. The normalized spacial score (nSPS) is 10.3. The van der Waals surface area contributed by atoms with E-state index in [9.17, 15) is 19.2 Å². The maximum atomic E-state index is 11.2. The minimum Gasteiger partial charge on any atom is -0.466 e. The van der Waals surface area contributed by atoms with Gasteiger partial charge in [0, 0.05) is 18.3 Å². The van der Waals surface area contributed by atoms with Crippen LogP contribution in [0.4, 0.5) is 0 Å². The summed E-state index contributed by atoms with van der Waals surface area (Å²) in [5.41, 5.74) is -1.22. The molecule has 8 heteroatoms. The molecule has 18 heavy (non-hydrogen) atoms. The standard InChI is InChI=1S/C10H10N2O6/c1-17-7(13)2-3-8(14)18-5-6-4-11-10(16)12-9(6)15/h2-4H,5H2,1H3,(H2,11,12,15,16)/b3-2+. The summed E-state index contributed by atoms with van der Waals surface area (Å²) < 4.78 is 8.94. The molecule has 0 fully saturated rings. The lowest BCUT2D eigenvalue weighted by Gasteiger charge is -2.00. The summed E-state index contributed by atoms with van der Waals surface area (Å²) in [5, 5.41) is 0. The third-order valence-electron chi connectivity index (χ3n) is 1.82. The van der Waals surface area contributed by atoms with Gasteiger partial charge in [0.15, 0.2) is 0 Å². The Hall–Kier alpha value is -2.64. The zero-order valence-electron chi connectivity index (χ0n) is 9.39. The first-order chi connectivity index (χ1) is 8.52. The van der Waals surface area contributed by atoms with Crippen molar-refractivity contribution in [2.75, 3.05) is 7.11 Å². The number of hydrogen-bond donors (Lipinski definition) is 2. The van der Waals surface area contributed by atoms with Gasteiger partial charge < -0.3 is 14.5 Å². The van der Waals surface area contributed by atoms with Gasteiger partial charge in [-0.2, -0.15) is 0 Å². The van der Waals surface area contributed by atoms with E-state index in [0.717, 1.165) is 25.5 Å². The second-order valence-corrected chi connectivity index (χ2v) is 3.06. The van der Waals surface area contributed by atoms with Crippen LogP contribution in [0.2, 0.25) is 0 Å². The maximum Gasteiger partial charge on any atom is 0.331 e. The molecule has 0 aliphatic carbocycles. The monoisotopic (exact) mass is 254 g/mol. The van der Waals surface area contributed by atoms with Crippen molar-refractivity contribution in [2.24, 2.45) is 0 Å². The first-order valence-electron chi connectivity index (χ1n) is 4.76. The van der Waals surface area contributed by atoms with Crippen molar-refractivity contribution >= 4 is 11.9 Å². The molecule has 2 N–H and O–H groups in total. The van der Waals surface area contributed by atoms with Gasteiger partial charge in [-0.15, -0.1) is 0 Å². The van der Waals surface area contributed by atoms with E-state index in [2.05, 4.69) is 14.5 Å². The summed E-state index contributed by atoms with van der Waals surface area (Å²) in [7, 11) is 1.16. The smallest absolute Gasteiger partial charge is 0.331 e. The van der Waals surface area contributed by atoms with E-state index in [1.165, 1.54) is 0 Å². The number of hydrogen-bond acceptors (Lipinski definition) is 6. The highest BCUT2D eigenvalue weighted by Crippen LogP contribution is 1.92. The zero-order chi connectivity index (χ0) is 13.5. The molecule has 0 amide bonds. The molecule has 0 aliphatic rings. The van der Waals surface area contributed by atoms with E-state index in [0.29, 0.717) is 0 Å². The van der Waals surface area contributed by atoms with Crippen LogP contribution in [0.1, 0.15) is 5.56 Å². The van der Waals surface area contributed by atoms with Crippen LogP contribution < -0.4 is 11.2 Å². The van der Waals surface area contributed by atoms with Crippen molar-refractivity contribution in [3.63, 3.8) is 0 Å². The second-order valence-electron chi connectivity index (χ2n) is 3.06. The Balaban J connectivity index is 2.58. The molecule has 0 saturated heterocycles. The predicted octanol–water partition coefficient (Wildman–Crippen LogP) is -1.16. The van der Waals surface area contributed by atoms with Gasteiger partial charge in [-0.25, -0.2) is 14.4 Å². The number of carbonyl (C=O) groups is 2. The van der Waals surface area contributed by atoms with E-state index in [4.69, 9.17) is 0 Å². The zero-order valence-corrected chi connectivity index (χ0v) is 9.39. The third kappa shape index (κ3) is 4.08. The number of ether oxygens (including phenoxy) is 2. The van der Waals surface area contributed by atoms with Crippen LogP contribution in [0.5, 0.6) is 0 Å². The van der Waals surface area contributed by atoms with Crippen LogP contribution >= 0.6 is 0 Å². The Morgan fingerprint density at radius 3 is 2.56 bits per heavy atom. The quantitative estimate of drug-likeness (QED) is 0.516. The summed E-state index contributed by atoms with van der Waals surface area (Å²) in [6, 6.07) is 0. The van der Waals surface area contributed by atoms with Gasteiger partial charge in [-0.1, -0.05) is 0 Å². The van der Waals surface area contributed by atoms with Gasteiger partial charge in [0.25, 0.3) is 5.56 Å². The average Bonchev–Trinajstić information content (AvgIpc) is 2.34. The lowest BCUT2D eigenvalue weighted by molar-refractivity contribution is -0.140. The highest BCUT2D eigenvalue weighted by molar-refractivity contribution is 5.91. The SMILES string of the molecule is COC(=O)/C=C/C(=O)OCc1c[nH]c(=O)[nH]c1=O. The fourth-order valence-corrected chi connectivity index (χ4v) is 0.946. The third-order valence-corrected chi connectivity index (χ3v) is 1.82. The Labute approximate surface area is 100 Å². The largest absolute Gasteiger partial charge is 0.466 e. The van der Waals surface area contributed by atoms with Gasteiger partial charge in [-0.3, -0.25) is 9.78 Å². The van der Waals surface area contributed by atoms with E-state index >= 15 is 0 Å². The Bertz CT molecular complexity index is 583. The number of carbonyl (C=O) groups excluding carboxylic acids is 2. The fourth-order valence-electron chi connectivity index (χ4n) is 0.946. The van der Waals surface area contributed by atoms with Gasteiger partial charge in [0.2, 0.25) is 0 Å². The van der Waals surface area contributed by atoms with E-state index in [1.807, 2.05) is 4.98 Å². The molecular weight excluding hydrogens is 244 g/mol. The van der Waals surface area contributed by atoms with Crippen LogP contribution in [0.3, 0.4) is 0 Å². The number of H-pyrrole nitrogens is 2.